The minimum Gasteiger partial charge on any atom is -0.467 e. The summed E-state index contributed by atoms with van der Waals surface area (Å²) in [4.78, 5) is 31.2. The van der Waals surface area contributed by atoms with Crippen molar-refractivity contribution < 1.29 is 14.3 Å². The molecule has 0 aliphatic heterocycles. The number of ether oxygens (including phenoxy) is 1. The van der Waals surface area contributed by atoms with Crippen molar-refractivity contribution in [2.45, 2.75) is 19.4 Å². The van der Waals surface area contributed by atoms with Crippen LogP contribution in [0.2, 0.25) is 5.02 Å². The number of rotatable bonds is 5. The van der Waals surface area contributed by atoms with Gasteiger partial charge in [-0.2, -0.15) is 0 Å². The van der Waals surface area contributed by atoms with Gasteiger partial charge in [0, 0.05) is 17.0 Å². The maximum Gasteiger partial charge on any atom is 0.333 e. The number of esters is 1. The van der Waals surface area contributed by atoms with Gasteiger partial charge in [0.1, 0.15) is 11.5 Å². The molecule has 6 nitrogen and oxygen atoms in total. The van der Waals surface area contributed by atoms with Gasteiger partial charge in [-0.1, -0.05) is 36.7 Å². The second-order valence-corrected chi connectivity index (χ2v) is 4.96. The SMILES string of the molecule is CCc1ncc(C(=O)N[C@@H](C(=O)OC)c2ccccc2Cl)[nH]1. The topological polar surface area (TPSA) is 84.1 Å². The molecule has 0 spiro atoms. The number of aryl methyl sites for hydroxylation is 1. The van der Waals surface area contributed by atoms with Gasteiger partial charge in [-0.05, 0) is 6.07 Å². The van der Waals surface area contributed by atoms with E-state index < -0.39 is 17.9 Å². The number of halogens is 1. The van der Waals surface area contributed by atoms with Crippen LogP contribution in [-0.2, 0) is 16.0 Å². The fourth-order valence-electron chi connectivity index (χ4n) is 1.96. The van der Waals surface area contributed by atoms with Gasteiger partial charge in [-0.25, -0.2) is 9.78 Å². The van der Waals surface area contributed by atoms with E-state index in [1.54, 1.807) is 24.3 Å². The van der Waals surface area contributed by atoms with Crippen molar-refractivity contribution in [3.8, 4) is 0 Å². The van der Waals surface area contributed by atoms with Gasteiger partial charge in [0.2, 0.25) is 0 Å². The number of benzene rings is 1. The molecule has 0 radical (unpaired) electrons. The molecule has 1 atom stereocenters. The third-order valence-electron chi connectivity index (χ3n) is 3.14. The van der Waals surface area contributed by atoms with Crippen molar-refractivity contribution in [2.24, 2.45) is 0 Å². The fourth-order valence-corrected chi connectivity index (χ4v) is 2.20. The highest BCUT2D eigenvalue weighted by molar-refractivity contribution is 6.31. The van der Waals surface area contributed by atoms with E-state index >= 15 is 0 Å². The van der Waals surface area contributed by atoms with Gasteiger partial charge < -0.3 is 15.0 Å². The molecule has 0 unspecified atom stereocenters. The van der Waals surface area contributed by atoms with E-state index in [2.05, 4.69) is 15.3 Å². The molecular formula is C15H16ClN3O3. The zero-order chi connectivity index (χ0) is 16.1. The van der Waals surface area contributed by atoms with Gasteiger partial charge in [-0.3, -0.25) is 4.79 Å². The minimum absolute atomic E-state index is 0.276. The molecule has 0 fully saturated rings. The van der Waals surface area contributed by atoms with Crippen molar-refractivity contribution in [1.82, 2.24) is 15.3 Å². The summed E-state index contributed by atoms with van der Waals surface area (Å²) in [5, 5.41) is 2.98. The summed E-state index contributed by atoms with van der Waals surface area (Å²) >= 11 is 6.10. The zero-order valence-corrected chi connectivity index (χ0v) is 13.0. The summed E-state index contributed by atoms with van der Waals surface area (Å²) in [5.74, 6) is -0.364. The molecule has 0 aliphatic rings. The molecule has 7 heteroatoms. The quantitative estimate of drug-likeness (QED) is 0.827. The Hall–Kier alpha value is -2.34. The van der Waals surface area contributed by atoms with Crippen molar-refractivity contribution in [3.63, 3.8) is 0 Å². The number of aromatic nitrogens is 2. The molecular weight excluding hydrogens is 306 g/mol. The number of carbonyl (C=O) groups is 2. The van der Waals surface area contributed by atoms with E-state index in [0.717, 1.165) is 0 Å². The van der Waals surface area contributed by atoms with Gasteiger partial charge in [0.05, 0.1) is 13.3 Å². The predicted molar refractivity (Wildman–Crippen MR) is 81.6 cm³/mol. The van der Waals surface area contributed by atoms with E-state index in [0.29, 0.717) is 22.8 Å². The van der Waals surface area contributed by atoms with Crippen LogP contribution in [0, 0.1) is 0 Å². The Labute approximate surface area is 132 Å². The highest BCUT2D eigenvalue weighted by atomic mass is 35.5. The standard InChI is InChI=1S/C15H16ClN3O3/c1-3-12-17-8-11(18-12)14(20)19-13(15(21)22-2)9-6-4-5-7-10(9)16/h4-8,13H,3H2,1-2H3,(H,17,18)(H,19,20)/t13-/m1/s1. The first-order valence-electron chi connectivity index (χ1n) is 6.73. The summed E-state index contributed by atoms with van der Waals surface area (Å²) in [6.45, 7) is 1.92. The monoisotopic (exact) mass is 321 g/mol. The summed E-state index contributed by atoms with van der Waals surface area (Å²) in [6, 6.07) is 5.79. The van der Waals surface area contributed by atoms with Crippen LogP contribution >= 0.6 is 11.6 Å². The Morgan fingerprint density at radius 1 is 1.41 bits per heavy atom. The van der Waals surface area contributed by atoms with E-state index in [1.165, 1.54) is 13.3 Å². The van der Waals surface area contributed by atoms with Crippen LogP contribution in [-0.4, -0.2) is 29.0 Å². The van der Waals surface area contributed by atoms with Crippen LogP contribution in [0.4, 0.5) is 0 Å². The number of nitrogens with one attached hydrogen (secondary N) is 2. The largest absolute Gasteiger partial charge is 0.467 e. The molecule has 1 aromatic carbocycles. The molecule has 0 bridgehead atoms. The maximum atomic E-state index is 12.3. The lowest BCUT2D eigenvalue weighted by atomic mass is 10.1. The Balaban J connectivity index is 2.25. The van der Waals surface area contributed by atoms with Gasteiger partial charge in [0.25, 0.3) is 5.91 Å². The first-order valence-corrected chi connectivity index (χ1v) is 7.11. The molecule has 2 aromatic rings. The normalized spacial score (nSPS) is 11.8. The minimum atomic E-state index is -0.987. The summed E-state index contributed by atoms with van der Waals surface area (Å²) in [5.41, 5.74) is 0.748. The Morgan fingerprint density at radius 2 is 2.14 bits per heavy atom. The molecule has 0 saturated heterocycles. The van der Waals surface area contributed by atoms with Crippen LogP contribution < -0.4 is 5.32 Å². The first kappa shape index (κ1) is 16.0. The number of methoxy groups -OCH3 is 1. The second-order valence-electron chi connectivity index (χ2n) is 4.55. The molecule has 1 aromatic heterocycles. The number of H-pyrrole nitrogens is 1. The molecule has 0 saturated carbocycles. The Morgan fingerprint density at radius 3 is 2.73 bits per heavy atom. The summed E-state index contributed by atoms with van der Waals surface area (Å²) in [7, 11) is 1.25. The first-order chi connectivity index (χ1) is 10.6. The van der Waals surface area contributed by atoms with Crippen LogP contribution in [0.25, 0.3) is 0 Å². The molecule has 22 heavy (non-hydrogen) atoms. The lowest BCUT2D eigenvalue weighted by Crippen LogP contribution is -2.35. The predicted octanol–water partition coefficient (Wildman–Crippen LogP) is 2.27. The molecule has 2 N–H and O–H groups in total. The molecule has 0 aliphatic carbocycles. The summed E-state index contributed by atoms with van der Waals surface area (Å²) < 4.78 is 4.75. The van der Waals surface area contributed by atoms with E-state index in [1.807, 2.05) is 6.92 Å². The van der Waals surface area contributed by atoms with Crippen molar-refractivity contribution in [2.75, 3.05) is 7.11 Å². The van der Waals surface area contributed by atoms with Gasteiger partial charge in [-0.15, -0.1) is 0 Å². The van der Waals surface area contributed by atoms with Crippen LogP contribution in [0.3, 0.4) is 0 Å². The molecule has 1 amide bonds. The second kappa shape index (κ2) is 7.09. The fraction of sp³-hybridized carbons (Fsp3) is 0.267. The molecule has 1 heterocycles. The maximum absolute atomic E-state index is 12.3. The lowest BCUT2D eigenvalue weighted by Gasteiger charge is -2.17. The number of carbonyl (C=O) groups excluding carboxylic acids is 2. The molecule has 2 rings (SSSR count). The smallest absolute Gasteiger partial charge is 0.333 e. The van der Waals surface area contributed by atoms with E-state index in [9.17, 15) is 9.59 Å². The summed E-state index contributed by atoms with van der Waals surface area (Å²) in [6.07, 6.45) is 2.10. The number of imidazole rings is 1. The average molecular weight is 322 g/mol. The highest BCUT2D eigenvalue weighted by Gasteiger charge is 2.26. The number of amides is 1. The zero-order valence-electron chi connectivity index (χ0n) is 12.2. The van der Waals surface area contributed by atoms with Crippen molar-refractivity contribution in [1.29, 1.82) is 0 Å². The van der Waals surface area contributed by atoms with Crippen LogP contribution in [0.5, 0.6) is 0 Å². The molecule has 116 valence electrons. The van der Waals surface area contributed by atoms with Crippen molar-refractivity contribution >= 4 is 23.5 Å². The van der Waals surface area contributed by atoms with Crippen LogP contribution in [0.1, 0.15) is 34.8 Å². The van der Waals surface area contributed by atoms with Crippen LogP contribution in [0.15, 0.2) is 30.5 Å². The number of nitrogens with zero attached hydrogens (tertiary/aromatic N) is 1. The Kier molecular flexibility index (Phi) is 5.16. The van der Waals surface area contributed by atoms with Gasteiger partial charge in [0.15, 0.2) is 6.04 Å². The van der Waals surface area contributed by atoms with Gasteiger partial charge >= 0.3 is 5.97 Å². The third-order valence-corrected chi connectivity index (χ3v) is 3.48. The highest BCUT2D eigenvalue weighted by Crippen LogP contribution is 2.24. The number of hydrogen-bond donors (Lipinski definition) is 2. The third kappa shape index (κ3) is 3.46. The average Bonchev–Trinajstić information content (AvgIpc) is 3.01. The number of aromatic amines is 1. The van der Waals surface area contributed by atoms with Crippen molar-refractivity contribution in [3.05, 3.63) is 52.6 Å². The Bertz CT molecular complexity index is 684. The lowest BCUT2D eigenvalue weighted by molar-refractivity contribution is -0.143. The number of hydrogen-bond acceptors (Lipinski definition) is 4. The van der Waals surface area contributed by atoms with E-state index in [4.69, 9.17) is 16.3 Å². The van der Waals surface area contributed by atoms with E-state index in [-0.39, 0.29) is 5.69 Å².